The van der Waals surface area contributed by atoms with Gasteiger partial charge in [0, 0.05) is 6.61 Å². The summed E-state index contributed by atoms with van der Waals surface area (Å²) in [7, 11) is 0. The van der Waals surface area contributed by atoms with Gasteiger partial charge in [-0.15, -0.1) is 0 Å². The van der Waals surface area contributed by atoms with Crippen LogP contribution in [0.15, 0.2) is 43.0 Å². The molecule has 0 heterocycles. The number of benzene rings is 1. The average Bonchev–Trinajstić information content (AvgIpc) is 2.46. The molecular weight excluding hydrogens is 258 g/mol. The third-order valence-corrected chi connectivity index (χ3v) is 2.56. The van der Waals surface area contributed by atoms with E-state index < -0.39 is 6.09 Å². The van der Waals surface area contributed by atoms with Crippen molar-refractivity contribution in [3.05, 3.63) is 48.6 Å². The molecule has 5 heteroatoms. The number of hydrogen-bond acceptors (Lipinski definition) is 4. The standard InChI is InChI=1S/C15H21NO4/c1-2-10-20-15(18)16-14(8-9-17)12-19-11-13-6-4-3-5-7-13/h2-7,14,17H,1,8-12H2,(H,16,18)/t14-/m1/s1. The highest BCUT2D eigenvalue weighted by molar-refractivity contribution is 5.67. The Hall–Kier alpha value is -1.85. The maximum Gasteiger partial charge on any atom is 0.407 e. The largest absolute Gasteiger partial charge is 0.445 e. The Morgan fingerprint density at radius 1 is 1.40 bits per heavy atom. The van der Waals surface area contributed by atoms with Gasteiger partial charge in [-0.3, -0.25) is 0 Å². The van der Waals surface area contributed by atoms with Crippen LogP contribution in [0, 0.1) is 0 Å². The minimum Gasteiger partial charge on any atom is -0.445 e. The molecule has 0 saturated heterocycles. The molecule has 0 aromatic heterocycles. The van der Waals surface area contributed by atoms with Crippen LogP contribution in [0.4, 0.5) is 4.79 Å². The van der Waals surface area contributed by atoms with Crippen LogP contribution in [0.5, 0.6) is 0 Å². The van der Waals surface area contributed by atoms with Crippen molar-refractivity contribution >= 4 is 6.09 Å². The van der Waals surface area contributed by atoms with Gasteiger partial charge in [-0.1, -0.05) is 43.0 Å². The maximum atomic E-state index is 11.4. The summed E-state index contributed by atoms with van der Waals surface area (Å²) in [5.74, 6) is 0. The van der Waals surface area contributed by atoms with E-state index in [1.165, 1.54) is 6.08 Å². The molecule has 0 saturated carbocycles. The fraction of sp³-hybridized carbons (Fsp3) is 0.400. The summed E-state index contributed by atoms with van der Waals surface area (Å²) in [6, 6.07) is 9.47. The number of amides is 1. The summed E-state index contributed by atoms with van der Waals surface area (Å²) in [4.78, 5) is 11.4. The van der Waals surface area contributed by atoms with Crippen LogP contribution in [0.25, 0.3) is 0 Å². The van der Waals surface area contributed by atoms with Crippen LogP contribution in [-0.4, -0.2) is 37.1 Å². The van der Waals surface area contributed by atoms with Crippen molar-refractivity contribution in [2.45, 2.75) is 19.1 Å². The zero-order chi connectivity index (χ0) is 14.6. The van der Waals surface area contributed by atoms with E-state index in [0.29, 0.717) is 19.6 Å². The molecule has 0 spiro atoms. The van der Waals surface area contributed by atoms with Crippen LogP contribution in [0.1, 0.15) is 12.0 Å². The first-order valence-electron chi connectivity index (χ1n) is 6.53. The number of aliphatic hydroxyl groups excluding tert-OH is 1. The van der Waals surface area contributed by atoms with Crippen molar-refractivity contribution in [3.63, 3.8) is 0 Å². The molecule has 20 heavy (non-hydrogen) atoms. The van der Waals surface area contributed by atoms with E-state index >= 15 is 0 Å². The van der Waals surface area contributed by atoms with E-state index in [9.17, 15) is 4.79 Å². The third-order valence-electron chi connectivity index (χ3n) is 2.56. The molecular formula is C15H21NO4. The second kappa shape index (κ2) is 10.00. The highest BCUT2D eigenvalue weighted by Crippen LogP contribution is 2.02. The Balaban J connectivity index is 2.31. The lowest BCUT2D eigenvalue weighted by atomic mass is 10.2. The molecule has 0 bridgehead atoms. The molecule has 5 nitrogen and oxygen atoms in total. The second-order valence-electron chi connectivity index (χ2n) is 4.24. The van der Waals surface area contributed by atoms with Gasteiger partial charge >= 0.3 is 6.09 Å². The number of hydrogen-bond donors (Lipinski definition) is 2. The van der Waals surface area contributed by atoms with E-state index in [-0.39, 0.29) is 19.3 Å². The first-order chi connectivity index (χ1) is 9.76. The van der Waals surface area contributed by atoms with Crippen LogP contribution >= 0.6 is 0 Å². The topological polar surface area (TPSA) is 67.8 Å². The maximum absolute atomic E-state index is 11.4. The molecule has 0 aliphatic rings. The number of alkyl carbamates (subject to hydrolysis) is 1. The molecule has 0 fully saturated rings. The van der Waals surface area contributed by atoms with Crippen LogP contribution in [0.3, 0.4) is 0 Å². The zero-order valence-corrected chi connectivity index (χ0v) is 11.5. The second-order valence-corrected chi connectivity index (χ2v) is 4.24. The third kappa shape index (κ3) is 6.92. The smallest absolute Gasteiger partial charge is 0.407 e. The minimum atomic E-state index is -0.535. The SMILES string of the molecule is C=CCOC(=O)N[C@H](CCO)COCc1ccccc1. The Morgan fingerprint density at radius 3 is 2.80 bits per heavy atom. The predicted molar refractivity (Wildman–Crippen MR) is 76.3 cm³/mol. The number of ether oxygens (including phenoxy) is 2. The molecule has 0 radical (unpaired) electrons. The van der Waals surface area contributed by atoms with Crippen LogP contribution in [0.2, 0.25) is 0 Å². The number of rotatable bonds is 9. The molecule has 0 unspecified atom stereocenters. The summed E-state index contributed by atoms with van der Waals surface area (Å²) < 4.78 is 10.4. The zero-order valence-electron chi connectivity index (χ0n) is 11.5. The minimum absolute atomic E-state index is 0.0267. The van der Waals surface area contributed by atoms with Gasteiger partial charge in [-0.05, 0) is 12.0 Å². The Morgan fingerprint density at radius 2 is 2.15 bits per heavy atom. The van der Waals surface area contributed by atoms with Gasteiger partial charge in [0.25, 0.3) is 0 Å². The van der Waals surface area contributed by atoms with Gasteiger partial charge < -0.3 is 19.9 Å². The van der Waals surface area contributed by atoms with Crippen molar-refractivity contribution in [1.82, 2.24) is 5.32 Å². The fourth-order valence-corrected chi connectivity index (χ4v) is 1.59. The molecule has 110 valence electrons. The van der Waals surface area contributed by atoms with Crippen molar-refractivity contribution < 1.29 is 19.4 Å². The van der Waals surface area contributed by atoms with E-state index in [0.717, 1.165) is 5.56 Å². The van der Waals surface area contributed by atoms with Gasteiger partial charge in [0.1, 0.15) is 6.61 Å². The number of carbonyl (C=O) groups is 1. The lowest BCUT2D eigenvalue weighted by molar-refractivity contribution is 0.0845. The lowest BCUT2D eigenvalue weighted by Gasteiger charge is -2.17. The Bertz CT molecular complexity index is 394. The monoisotopic (exact) mass is 279 g/mol. The predicted octanol–water partition coefficient (Wildman–Crippen LogP) is 1.87. The summed E-state index contributed by atoms with van der Waals surface area (Å²) in [6.45, 7) is 4.37. The average molecular weight is 279 g/mol. The Kier molecular flexibility index (Phi) is 8.10. The Labute approximate surface area is 119 Å². The highest BCUT2D eigenvalue weighted by Gasteiger charge is 2.12. The van der Waals surface area contributed by atoms with Crippen molar-refractivity contribution in [2.75, 3.05) is 19.8 Å². The highest BCUT2D eigenvalue weighted by atomic mass is 16.5. The fourth-order valence-electron chi connectivity index (χ4n) is 1.59. The summed E-state index contributed by atoms with van der Waals surface area (Å²) in [6.07, 6.45) is 1.37. The number of carbonyl (C=O) groups excluding carboxylic acids is 1. The molecule has 2 N–H and O–H groups in total. The number of aliphatic hydroxyl groups is 1. The van der Waals surface area contributed by atoms with E-state index in [2.05, 4.69) is 11.9 Å². The summed E-state index contributed by atoms with van der Waals surface area (Å²) >= 11 is 0. The van der Waals surface area contributed by atoms with Gasteiger partial charge in [0.05, 0.1) is 19.3 Å². The molecule has 1 rings (SSSR count). The van der Waals surface area contributed by atoms with E-state index in [1.54, 1.807) is 0 Å². The lowest BCUT2D eigenvalue weighted by Crippen LogP contribution is -2.39. The molecule has 0 aliphatic carbocycles. The quantitative estimate of drug-likeness (QED) is 0.677. The summed E-state index contributed by atoms with van der Waals surface area (Å²) in [5.41, 5.74) is 1.06. The molecule has 1 aromatic rings. The van der Waals surface area contributed by atoms with E-state index in [1.807, 2.05) is 30.3 Å². The van der Waals surface area contributed by atoms with Crippen LogP contribution in [-0.2, 0) is 16.1 Å². The van der Waals surface area contributed by atoms with Crippen molar-refractivity contribution in [1.29, 1.82) is 0 Å². The summed E-state index contributed by atoms with van der Waals surface area (Å²) in [5, 5.41) is 11.6. The van der Waals surface area contributed by atoms with Gasteiger partial charge in [0.15, 0.2) is 0 Å². The molecule has 0 aliphatic heterocycles. The van der Waals surface area contributed by atoms with E-state index in [4.69, 9.17) is 14.6 Å². The first-order valence-corrected chi connectivity index (χ1v) is 6.53. The van der Waals surface area contributed by atoms with Gasteiger partial charge in [-0.25, -0.2) is 4.79 Å². The molecule has 1 amide bonds. The number of nitrogens with one attached hydrogen (secondary N) is 1. The first kappa shape index (κ1) is 16.2. The van der Waals surface area contributed by atoms with Crippen molar-refractivity contribution in [3.8, 4) is 0 Å². The van der Waals surface area contributed by atoms with Gasteiger partial charge in [-0.2, -0.15) is 0 Å². The van der Waals surface area contributed by atoms with Gasteiger partial charge in [0.2, 0.25) is 0 Å². The van der Waals surface area contributed by atoms with Crippen LogP contribution < -0.4 is 5.32 Å². The normalized spacial score (nSPS) is 11.7. The molecule has 1 atom stereocenters. The molecule has 1 aromatic carbocycles. The van der Waals surface area contributed by atoms with Crippen molar-refractivity contribution in [2.24, 2.45) is 0 Å².